The summed E-state index contributed by atoms with van der Waals surface area (Å²) in [5.41, 5.74) is 0. The van der Waals surface area contributed by atoms with Crippen LogP contribution in [-0.2, 0) is 14.3 Å². The molecule has 1 fully saturated rings. The van der Waals surface area contributed by atoms with Crippen LogP contribution in [0, 0.1) is 0 Å². The first-order valence-electron chi connectivity index (χ1n) is 19.8. The zero-order valence-corrected chi connectivity index (χ0v) is 30.6. The standard InChI is InChI=1S/C38H75NO9/c1-3-5-7-8-9-10-11-12-13-14-15-16-17-18-19-20-21-22-23-25-27-33(42)39-30(34(43)31(41)26-24-6-4-2)29-47-38-37(46)36(45)35(44)32(28-40)48-38/h30-32,34-38,40-41,43-46H,3-29H2,1-2H3,(H,39,42)/t30?,31?,32-,34?,35+,36+,37-,38+/m1/s1. The van der Waals surface area contributed by atoms with E-state index in [9.17, 15) is 35.4 Å². The van der Waals surface area contributed by atoms with Gasteiger partial charge in [0.15, 0.2) is 6.29 Å². The minimum atomic E-state index is -1.60. The lowest BCUT2D eigenvalue weighted by Gasteiger charge is -2.40. The van der Waals surface area contributed by atoms with Crippen molar-refractivity contribution in [1.29, 1.82) is 0 Å². The number of aliphatic hydroxyl groups excluding tert-OH is 6. The van der Waals surface area contributed by atoms with Crippen molar-refractivity contribution in [3.63, 3.8) is 0 Å². The molecule has 1 aliphatic rings. The van der Waals surface area contributed by atoms with Gasteiger partial charge in [-0.3, -0.25) is 4.79 Å². The summed E-state index contributed by atoms with van der Waals surface area (Å²) in [4.78, 5) is 12.8. The predicted molar refractivity (Wildman–Crippen MR) is 190 cm³/mol. The predicted octanol–water partition coefficient (Wildman–Crippen LogP) is 5.80. The maximum absolute atomic E-state index is 12.8. The molecule has 10 nitrogen and oxygen atoms in total. The van der Waals surface area contributed by atoms with Gasteiger partial charge in [0.05, 0.1) is 25.4 Å². The number of rotatable bonds is 32. The number of amides is 1. The minimum absolute atomic E-state index is 0.264. The molecule has 1 saturated heterocycles. The van der Waals surface area contributed by atoms with E-state index in [2.05, 4.69) is 12.2 Å². The number of aliphatic hydroxyl groups is 6. The van der Waals surface area contributed by atoms with Crippen molar-refractivity contribution in [3.8, 4) is 0 Å². The molecule has 0 radical (unpaired) electrons. The summed E-state index contributed by atoms with van der Waals surface area (Å²) in [7, 11) is 0. The highest BCUT2D eigenvalue weighted by Gasteiger charge is 2.44. The van der Waals surface area contributed by atoms with Gasteiger partial charge in [-0.15, -0.1) is 0 Å². The Balaban J connectivity index is 2.23. The maximum Gasteiger partial charge on any atom is 0.220 e. The molecule has 48 heavy (non-hydrogen) atoms. The highest BCUT2D eigenvalue weighted by atomic mass is 16.7. The van der Waals surface area contributed by atoms with Crippen LogP contribution in [-0.4, -0.2) is 98.7 Å². The van der Waals surface area contributed by atoms with Gasteiger partial charge >= 0.3 is 0 Å². The largest absolute Gasteiger partial charge is 0.394 e. The molecule has 8 atom stereocenters. The second-order valence-corrected chi connectivity index (χ2v) is 14.2. The minimum Gasteiger partial charge on any atom is -0.394 e. The number of hydrogen-bond acceptors (Lipinski definition) is 9. The fourth-order valence-corrected chi connectivity index (χ4v) is 6.49. The summed E-state index contributed by atoms with van der Waals surface area (Å²) in [5, 5.41) is 64.0. The molecule has 0 aromatic carbocycles. The molecule has 10 heteroatoms. The Kier molecular flexibility index (Phi) is 28.1. The summed E-state index contributed by atoms with van der Waals surface area (Å²) in [6.45, 7) is 3.41. The van der Waals surface area contributed by atoms with Crippen molar-refractivity contribution < 1.29 is 44.9 Å². The molecule has 0 aliphatic carbocycles. The topological polar surface area (TPSA) is 169 Å². The van der Waals surface area contributed by atoms with Gasteiger partial charge in [0.2, 0.25) is 5.91 Å². The third-order valence-corrected chi connectivity index (χ3v) is 9.80. The second kappa shape index (κ2) is 29.8. The van der Waals surface area contributed by atoms with Crippen LogP contribution < -0.4 is 5.32 Å². The van der Waals surface area contributed by atoms with E-state index in [1.807, 2.05) is 6.92 Å². The number of carbonyl (C=O) groups excluding carboxylic acids is 1. The highest BCUT2D eigenvalue weighted by molar-refractivity contribution is 5.76. The van der Waals surface area contributed by atoms with E-state index >= 15 is 0 Å². The zero-order valence-electron chi connectivity index (χ0n) is 30.6. The van der Waals surface area contributed by atoms with Crippen LogP contribution >= 0.6 is 0 Å². The van der Waals surface area contributed by atoms with Crippen molar-refractivity contribution >= 4 is 5.91 Å². The van der Waals surface area contributed by atoms with Crippen molar-refractivity contribution in [3.05, 3.63) is 0 Å². The van der Waals surface area contributed by atoms with Crippen LogP contribution in [0.25, 0.3) is 0 Å². The van der Waals surface area contributed by atoms with Crippen LogP contribution in [0.3, 0.4) is 0 Å². The summed E-state index contributed by atoms with van der Waals surface area (Å²) in [6.07, 6.45) is 19.3. The Morgan fingerprint density at radius 1 is 0.646 bits per heavy atom. The van der Waals surface area contributed by atoms with E-state index in [1.165, 1.54) is 103 Å². The first kappa shape index (κ1) is 45.2. The van der Waals surface area contributed by atoms with Crippen LogP contribution in [0.5, 0.6) is 0 Å². The van der Waals surface area contributed by atoms with Crippen molar-refractivity contribution in [2.45, 2.75) is 223 Å². The van der Waals surface area contributed by atoms with Crippen LogP contribution in [0.1, 0.15) is 174 Å². The van der Waals surface area contributed by atoms with E-state index in [-0.39, 0.29) is 18.9 Å². The lowest BCUT2D eigenvalue weighted by atomic mass is 9.99. The van der Waals surface area contributed by atoms with Crippen LogP contribution in [0.15, 0.2) is 0 Å². The fraction of sp³-hybridized carbons (Fsp3) is 0.974. The Morgan fingerprint density at radius 3 is 1.54 bits per heavy atom. The average Bonchev–Trinajstić information content (AvgIpc) is 3.08. The lowest BCUT2D eigenvalue weighted by molar-refractivity contribution is -0.303. The molecule has 286 valence electrons. The highest BCUT2D eigenvalue weighted by Crippen LogP contribution is 2.23. The second-order valence-electron chi connectivity index (χ2n) is 14.2. The van der Waals surface area contributed by atoms with Crippen LogP contribution in [0.2, 0.25) is 0 Å². The number of unbranched alkanes of at least 4 members (excludes halogenated alkanes) is 21. The Labute approximate surface area is 292 Å². The Bertz CT molecular complexity index is 743. The van der Waals surface area contributed by atoms with Gasteiger partial charge in [-0.1, -0.05) is 155 Å². The molecular formula is C38H75NO9. The molecule has 1 heterocycles. The van der Waals surface area contributed by atoms with E-state index in [4.69, 9.17) is 9.47 Å². The van der Waals surface area contributed by atoms with E-state index in [0.29, 0.717) is 6.42 Å². The lowest BCUT2D eigenvalue weighted by Crippen LogP contribution is -2.60. The molecule has 1 amide bonds. The monoisotopic (exact) mass is 690 g/mol. The normalized spacial score (nSPS) is 23.2. The van der Waals surface area contributed by atoms with Crippen molar-refractivity contribution in [2.75, 3.05) is 13.2 Å². The molecule has 1 rings (SSSR count). The first-order valence-corrected chi connectivity index (χ1v) is 19.8. The fourth-order valence-electron chi connectivity index (χ4n) is 6.49. The smallest absolute Gasteiger partial charge is 0.220 e. The third kappa shape index (κ3) is 20.7. The molecule has 0 spiro atoms. The van der Waals surface area contributed by atoms with Crippen molar-refractivity contribution in [1.82, 2.24) is 5.32 Å². The number of nitrogens with one attached hydrogen (secondary N) is 1. The van der Waals surface area contributed by atoms with Gasteiger partial charge in [0, 0.05) is 6.42 Å². The molecule has 0 saturated carbocycles. The summed E-state index contributed by atoms with van der Waals surface area (Å²) < 4.78 is 11.0. The maximum atomic E-state index is 12.8. The van der Waals surface area contributed by atoms with Gasteiger partial charge in [0.25, 0.3) is 0 Å². The summed E-state index contributed by atoms with van der Waals surface area (Å²) >= 11 is 0. The Hall–Kier alpha value is -0.850. The number of hydrogen-bond donors (Lipinski definition) is 7. The number of carbonyl (C=O) groups is 1. The van der Waals surface area contributed by atoms with Gasteiger partial charge < -0.3 is 45.4 Å². The van der Waals surface area contributed by atoms with Gasteiger partial charge in [0.1, 0.15) is 30.5 Å². The third-order valence-electron chi connectivity index (χ3n) is 9.80. The summed E-state index contributed by atoms with van der Waals surface area (Å²) in [6, 6.07) is -0.980. The molecule has 0 aromatic heterocycles. The first-order chi connectivity index (χ1) is 23.3. The van der Waals surface area contributed by atoms with Gasteiger partial charge in [-0.25, -0.2) is 0 Å². The van der Waals surface area contributed by atoms with Crippen molar-refractivity contribution in [2.24, 2.45) is 0 Å². The molecule has 7 N–H and O–H groups in total. The Morgan fingerprint density at radius 2 is 1.08 bits per heavy atom. The molecule has 0 aromatic rings. The quantitative estimate of drug-likeness (QED) is 0.0432. The van der Waals surface area contributed by atoms with Gasteiger partial charge in [-0.2, -0.15) is 0 Å². The van der Waals surface area contributed by atoms with E-state index in [0.717, 1.165) is 44.9 Å². The molecule has 3 unspecified atom stereocenters. The SMILES string of the molecule is CCCCCCCCCCCCCCCCCCCCCCC(=O)NC(CO[C@H]1O[C@H](CO)[C@H](O)[C@H](O)[C@H]1O)C(O)C(O)CCCCC. The molecule has 0 bridgehead atoms. The molecular weight excluding hydrogens is 614 g/mol. The molecule has 1 aliphatic heterocycles. The van der Waals surface area contributed by atoms with E-state index < -0.39 is 55.6 Å². The number of ether oxygens (including phenoxy) is 2. The van der Waals surface area contributed by atoms with Crippen LogP contribution in [0.4, 0.5) is 0 Å². The zero-order chi connectivity index (χ0) is 35.4. The van der Waals surface area contributed by atoms with Gasteiger partial charge in [-0.05, 0) is 12.8 Å². The average molecular weight is 690 g/mol. The summed E-state index contributed by atoms with van der Waals surface area (Å²) in [5.74, 6) is -0.264. The van der Waals surface area contributed by atoms with E-state index in [1.54, 1.807) is 0 Å².